The Morgan fingerprint density at radius 3 is 2.43 bits per heavy atom. The van der Waals surface area contributed by atoms with E-state index in [9.17, 15) is 14.7 Å². The molecule has 8 nitrogen and oxygen atoms in total. The molecule has 8 heteroatoms. The maximum absolute atomic E-state index is 13.5. The molecule has 1 aliphatic rings. The Morgan fingerprint density at radius 2 is 1.75 bits per heavy atom. The van der Waals surface area contributed by atoms with Gasteiger partial charge >= 0.3 is 0 Å². The van der Waals surface area contributed by atoms with Crippen LogP contribution in [0.2, 0.25) is 0 Å². The number of ether oxygens (including phenoxy) is 1. The smallest absolute Gasteiger partial charge is 0.227 e. The monoisotopic (exact) mass is 600 g/mol. The molecule has 1 aliphatic heterocycles. The van der Waals surface area contributed by atoms with Crippen molar-refractivity contribution in [1.29, 1.82) is 0 Å². The molecule has 2 amide bonds. The van der Waals surface area contributed by atoms with Gasteiger partial charge in [0.05, 0.1) is 19.1 Å². The molecule has 0 bridgehead atoms. The SMILES string of the molecule is C[C@@H]1CN([C@@H](C)CO)C(=O)Cc2cc(NC(=O)CCCN(C)C)ccc2O[C@H]1CN(C)Cc1ccc(-c2ccccc2)cc1. The average Bonchev–Trinajstić information content (AvgIpc) is 3.04. The highest BCUT2D eigenvalue weighted by atomic mass is 16.5. The number of carbonyl (C=O) groups is 2. The van der Waals surface area contributed by atoms with Crippen LogP contribution in [0.3, 0.4) is 0 Å². The summed E-state index contributed by atoms with van der Waals surface area (Å²) in [5, 5.41) is 12.9. The highest BCUT2D eigenvalue weighted by Gasteiger charge is 2.31. The molecule has 1 heterocycles. The first-order valence-corrected chi connectivity index (χ1v) is 15.6. The Morgan fingerprint density at radius 1 is 1.05 bits per heavy atom. The van der Waals surface area contributed by atoms with Crippen molar-refractivity contribution < 1.29 is 19.4 Å². The first-order valence-electron chi connectivity index (χ1n) is 15.6. The third-order valence-corrected chi connectivity index (χ3v) is 8.21. The summed E-state index contributed by atoms with van der Waals surface area (Å²) >= 11 is 0. The normalized spacial score (nSPS) is 17.8. The molecule has 3 aromatic carbocycles. The van der Waals surface area contributed by atoms with Gasteiger partial charge in [0.2, 0.25) is 11.8 Å². The third kappa shape index (κ3) is 9.39. The van der Waals surface area contributed by atoms with Crippen molar-refractivity contribution in [3.05, 3.63) is 83.9 Å². The van der Waals surface area contributed by atoms with Gasteiger partial charge in [-0.2, -0.15) is 0 Å². The van der Waals surface area contributed by atoms with Crippen LogP contribution in [0.25, 0.3) is 11.1 Å². The highest BCUT2D eigenvalue weighted by Crippen LogP contribution is 2.29. The summed E-state index contributed by atoms with van der Waals surface area (Å²) in [6.45, 7) is 6.59. The molecule has 0 spiro atoms. The van der Waals surface area contributed by atoms with Crippen LogP contribution in [0, 0.1) is 5.92 Å². The molecule has 0 fully saturated rings. The predicted octanol–water partition coefficient (Wildman–Crippen LogP) is 4.91. The topological polar surface area (TPSA) is 85.3 Å². The van der Waals surface area contributed by atoms with Gasteiger partial charge in [0.15, 0.2) is 0 Å². The van der Waals surface area contributed by atoms with Gasteiger partial charge in [0, 0.05) is 43.2 Å². The first-order chi connectivity index (χ1) is 21.1. The van der Waals surface area contributed by atoms with Gasteiger partial charge in [-0.1, -0.05) is 61.5 Å². The quantitative estimate of drug-likeness (QED) is 0.307. The fourth-order valence-electron chi connectivity index (χ4n) is 5.62. The number of hydrogen-bond acceptors (Lipinski definition) is 6. The second-order valence-electron chi connectivity index (χ2n) is 12.4. The van der Waals surface area contributed by atoms with Crippen LogP contribution in [-0.2, 0) is 22.6 Å². The molecule has 0 aromatic heterocycles. The largest absolute Gasteiger partial charge is 0.488 e. The summed E-state index contributed by atoms with van der Waals surface area (Å²) in [6, 6.07) is 24.3. The van der Waals surface area contributed by atoms with Crippen LogP contribution < -0.4 is 10.1 Å². The number of aliphatic hydroxyl groups excluding tert-OH is 1. The molecule has 0 radical (unpaired) electrons. The number of carbonyl (C=O) groups excluding carboxylic acids is 2. The lowest BCUT2D eigenvalue weighted by Gasteiger charge is -2.34. The van der Waals surface area contributed by atoms with Crippen LogP contribution in [0.15, 0.2) is 72.8 Å². The first kappa shape index (κ1) is 33.2. The van der Waals surface area contributed by atoms with Crippen molar-refractivity contribution in [2.24, 2.45) is 5.92 Å². The standard InChI is InChI=1S/C36H48N4O4/c1-26-22-40(27(2)25-41)36(43)21-31-20-32(37-35(42)12-9-19-38(3)4)17-18-33(31)44-34(26)24-39(5)23-28-13-15-30(16-14-28)29-10-7-6-8-11-29/h6-8,10-11,13-18,20,26-27,34,41H,9,12,19,21-25H2,1-5H3,(H,37,42)/t26-,27+,34+/m1/s1. The van der Waals surface area contributed by atoms with E-state index in [1.165, 1.54) is 16.7 Å². The number of fused-ring (bicyclic) bond motifs is 1. The summed E-state index contributed by atoms with van der Waals surface area (Å²) in [6.07, 6.45) is 1.12. The van der Waals surface area contributed by atoms with E-state index in [1.54, 1.807) is 4.90 Å². The van der Waals surface area contributed by atoms with Crippen LogP contribution >= 0.6 is 0 Å². The maximum Gasteiger partial charge on any atom is 0.227 e. The van der Waals surface area contributed by atoms with Gasteiger partial charge in [0.25, 0.3) is 0 Å². The number of nitrogens with zero attached hydrogens (tertiary/aromatic N) is 3. The lowest BCUT2D eigenvalue weighted by Crippen LogP contribution is -2.47. The number of hydrogen-bond donors (Lipinski definition) is 2. The van der Waals surface area contributed by atoms with E-state index in [1.807, 2.05) is 57.4 Å². The summed E-state index contributed by atoms with van der Waals surface area (Å²) in [4.78, 5) is 32.2. The van der Waals surface area contributed by atoms with E-state index in [0.717, 1.165) is 25.1 Å². The van der Waals surface area contributed by atoms with Crippen LogP contribution in [0.4, 0.5) is 5.69 Å². The minimum Gasteiger partial charge on any atom is -0.488 e. The lowest BCUT2D eigenvalue weighted by molar-refractivity contribution is -0.134. The van der Waals surface area contributed by atoms with Gasteiger partial charge in [-0.15, -0.1) is 0 Å². The van der Waals surface area contributed by atoms with Crippen molar-refractivity contribution in [2.45, 2.75) is 51.8 Å². The molecule has 0 unspecified atom stereocenters. The number of nitrogens with one attached hydrogen (secondary N) is 1. The fraction of sp³-hybridized carbons (Fsp3) is 0.444. The van der Waals surface area contributed by atoms with E-state index in [0.29, 0.717) is 30.9 Å². The van der Waals surface area contributed by atoms with Crippen molar-refractivity contribution in [2.75, 3.05) is 52.7 Å². The number of rotatable bonds is 12. The molecule has 3 aromatic rings. The van der Waals surface area contributed by atoms with Crippen molar-refractivity contribution in [1.82, 2.24) is 14.7 Å². The molecule has 0 saturated carbocycles. The predicted molar refractivity (Wildman–Crippen MR) is 177 cm³/mol. The molecular weight excluding hydrogens is 552 g/mol. The Bertz CT molecular complexity index is 1360. The Labute approximate surface area is 262 Å². The Kier molecular flexibility index (Phi) is 11.9. The minimum absolute atomic E-state index is 0.0119. The van der Waals surface area contributed by atoms with Crippen LogP contribution in [0.5, 0.6) is 5.75 Å². The van der Waals surface area contributed by atoms with E-state index in [-0.39, 0.29) is 42.9 Å². The third-order valence-electron chi connectivity index (χ3n) is 8.21. The zero-order chi connectivity index (χ0) is 31.6. The van der Waals surface area contributed by atoms with E-state index in [2.05, 4.69) is 65.5 Å². The summed E-state index contributed by atoms with van der Waals surface area (Å²) in [5.74, 6) is 0.547. The molecule has 0 aliphatic carbocycles. The second kappa shape index (κ2) is 15.8. The summed E-state index contributed by atoms with van der Waals surface area (Å²) in [5.41, 5.74) is 4.97. The molecule has 3 atom stereocenters. The highest BCUT2D eigenvalue weighted by molar-refractivity contribution is 5.91. The summed E-state index contributed by atoms with van der Waals surface area (Å²) < 4.78 is 6.67. The van der Waals surface area contributed by atoms with E-state index < -0.39 is 0 Å². The lowest BCUT2D eigenvalue weighted by atomic mass is 10.0. The number of aliphatic hydroxyl groups is 1. The Hall–Kier alpha value is -3.72. The fourth-order valence-corrected chi connectivity index (χ4v) is 5.62. The molecule has 4 rings (SSSR count). The molecule has 0 saturated heterocycles. The number of amides is 2. The second-order valence-corrected chi connectivity index (χ2v) is 12.4. The van der Waals surface area contributed by atoms with Gasteiger partial charge < -0.3 is 25.0 Å². The summed E-state index contributed by atoms with van der Waals surface area (Å²) in [7, 11) is 6.06. The van der Waals surface area contributed by atoms with Gasteiger partial charge in [-0.3, -0.25) is 14.5 Å². The Balaban J connectivity index is 1.50. The van der Waals surface area contributed by atoms with E-state index in [4.69, 9.17) is 4.74 Å². The van der Waals surface area contributed by atoms with E-state index >= 15 is 0 Å². The van der Waals surface area contributed by atoms with Crippen molar-refractivity contribution >= 4 is 17.5 Å². The number of anilines is 1. The molecule has 236 valence electrons. The maximum atomic E-state index is 13.5. The van der Waals surface area contributed by atoms with Crippen LogP contribution in [0.1, 0.15) is 37.8 Å². The van der Waals surface area contributed by atoms with Gasteiger partial charge in [0.1, 0.15) is 11.9 Å². The molecular formula is C36H48N4O4. The average molecular weight is 601 g/mol. The minimum atomic E-state index is -0.312. The molecule has 2 N–H and O–H groups in total. The van der Waals surface area contributed by atoms with Crippen LogP contribution in [-0.4, -0.2) is 91.2 Å². The zero-order valence-corrected chi connectivity index (χ0v) is 26.8. The van der Waals surface area contributed by atoms with Gasteiger partial charge in [-0.25, -0.2) is 0 Å². The number of likely N-dealkylation sites (N-methyl/N-ethyl adjacent to an activating group) is 1. The molecule has 44 heavy (non-hydrogen) atoms. The van der Waals surface area contributed by atoms with Gasteiger partial charge in [-0.05, 0) is 75.9 Å². The van der Waals surface area contributed by atoms with Crippen molar-refractivity contribution in [3.63, 3.8) is 0 Å². The zero-order valence-electron chi connectivity index (χ0n) is 26.8. The van der Waals surface area contributed by atoms with Crippen molar-refractivity contribution in [3.8, 4) is 16.9 Å². The number of benzene rings is 3.